The van der Waals surface area contributed by atoms with Crippen molar-refractivity contribution in [3.8, 4) is 0 Å². The number of rotatable bonds is 5. The minimum atomic E-state index is -1.09. The van der Waals surface area contributed by atoms with Crippen molar-refractivity contribution in [2.75, 3.05) is 0 Å². The molecule has 0 fully saturated rings. The van der Waals surface area contributed by atoms with E-state index in [0.717, 1.165) is 30.0 Å². The van der Waals surface area contributed by atoms with Crippen LogP contribution in [0.3, 0.4) is 0 Å². The standard InChI is InChI=1S/C13H8FN3O5S/c14-7-1-3-9(4-2-7)23-11-6-8(16(19)20)5-10(17(21)22)12(11)13(15)18/h1-6H,(H2,15,18). The van der Waals surface area contributed by atoms with Crippen LogP contribution in [0.25, 0.3) is 0 Å². The van der Waals surface area contributed by atoms with E-state index in [9.17, 15) is 29.4 Å². The number of benzene rings is 2. The van der Waals surface area contributed by atoms with Gasteiger partial charge in [0.15, 0.2) is 0 Å². The van der Waals surface area contributed by atoms with Crippen LogP contribution in [-0.2, 0) is 0 Å². The molecule has 0 bridgehead atoms. The second-order valence-electron chi connectivity index (χ2n) is 4.27. The molecule has 0 saturated heterocycles. The lowest BCUT2D eigenvalue weighted by Gasteiger charge is -2.07. The first-order valence-corrected chi connectivity index (χ1v) is 6.81. The molecule has 0 unspecified atom stereocenters. The number of carbonyl (C=O) groups excluding carboxylic acids is 1. The van der Waals surface area contributed by atoms with E-state index in [0.29, 0.717) is 11.0 Å². The summed E-state index contributed by atoms with van der Waals surface area (Å²) in [5, 5.41) is 22.0. The first-order chi connectivity index (χ1) is 10.8. The first kappa shape index (κ1) is 16.4. The first-order valence-electron chi connectivity index (χ1n) is 5.99. The Morgan fingerprint density at radius 3 is 2.17 bits per heavy atom. The van der Waals surface area contributed by atoms with Crippen LogP contribution >= 0.6 is 11.8 Å². The van der Waals surface area contributed by atoms with Gasteiger partial charge >= 0.3 is 0 Å². The number of primary amides is 1. The Hall–Kier alpha value is -3.01. The lowest BCUT2D eigenvalue weighted by Crippen LogP contribution is -2.15. The highest BCUT2D eigenvalue weighted by Crippen LogP contribution is 2.38. The van der Waals surface area contributed by atoms with Gasteiger partial charge in [-0.1, -0.05) is 11.8 Å². The van der Waals surface area contributed by atoms with E-state index < -0.39 is 38.5 Å². The molecule has 0 aliphatic heterocycles. The molecule has 23 heavy (non-hydrogen) atoms. The summed E-state index contributed by atoms with van der Waals surface area (Å²) in [5.74, 6) is -1.58. The van der Waals surface area contributed by atoms with E-state index in [2.05, 4.69) is 0 Å². The number of hydrogen-bond donors (Lipinski definition) is 1. The minimum Gasteiger partial charge on any atom is -0.365 e. The van der Waals surface area contributed by atoms with E-state index in [1.165, 1.54) is 12.1 Å². The van der Waals surface area contributed by atoms with Crippen molar-refractivity contribution in [1.82, 2.24) is 0 Å². The number of carbonyl (C=O) groups is 1. The Morgan fingerprint density at radius 2 is 1.70 bits per heavy atom. The van der Waals surface area contributed by atoms with Gasteiger partial charge in [-0.05, 0) is 24.3 Å². The van der Waals surface area contributed by atoms with Crippen LogP contribution < -0.4 is 5.73 Å². The highest BCUT2D eigenvalue weighted by atomic mass is 32.2. The highest BCUT2D eigenvalue weighted by molar-refractivity contribution is 7.99. The summed E-state index contributed by atoms with van der Waals surface area (Å²) in [4.78, 5) is 32.2. The fraction of sp³-hybridized carbons (Fsp3) is 0. The van der Waals surface area contributed by atoms with Crippen molar-refractivity contribution in [2.45, 2.75) is 9.79 Å². The van der Waals surface area contributed by atoms with E-state index in [1.54, 1.807) is 0 Å². The average Bonchev–Trinajstić information content (AvgIpc) is 2.48. The predicted octanol–water partition coefficient (Wildman–Crippen LogP) is 2.89. The van der Waals surface area contributed by atoms with Gasteiger partial charge in [-0.15, -0.1) is 0 Å². The lowest BCUT2D eigenvalue weighted by atomic mass is 10.1. The summed E-state index contributed by atoms with van der Waals surface area (Å²) in [7, 11) is 0. The number of amides is 1. The van der Waals surface area contributed by atoms with Gasteiger partial charge < -0.3 is 5.73 Å². The van der Waals surface area contributed by atoms with Crippen LogP contribution in [0.4, 0.5) is 15.8 Å². The number of nitrogens with two attached hydrogens (primary N) is 1. The Bertz CT molecular complexity index is 810. The van der Waals surface area contributed by atoms with Gasteiger partial charge in [0, 0.05) is 15.9 Å². The van der Waals surface area contributed by atoms with Gasteiger partial charge in [-0.3, -0.25) is 25.0 Å². The van der Waals surface area contributed by atoms with Crippen LogP contribution in [0, 0.1) is 26.0 Å². The van der Waals surface area contributed by atoms with Crippen molar-refractivity contribution in [3.63, 3.8) is 0 Å². The average molecular weight is 337 g/mol. The van der Waals surface area contributed by atoms with Crippen LogP contribution in [0.1, 0.15) is 10.4 Å². The number of non-ortho nitro benzene ring substituents is 1. The minimum absolute atomic E-state index is 0.0509. The summed E-state index contributed by atoms with van der Waals surface area (Å²) < 4.78 is 12.9. The van der Waals surface area contributed by atoms with Gasteiger partial charge in [0.05, 0.1) is 15.9 Å². The Labute approximate surface area is 132 Å². The smallest absolute Gasteiger partial charge is 0.290 e. The topological polar surface area (TPSA) is 129 Å². The molecule has 1 amide bonds. The molecule has 0 radical (unpaired) electrons. The largest absolute Gasteiger partial charge is 0.365 e. The zero-order valence-electron chi connectivity index (χ0n) is 11.3. The SMILES string of the molecule is NC(=O)c1c(Sc2ccc(F)cc2)cc([N+](=O)[O-])cc1[N+](=O)[O-]. The maximum absolute atomic E-state index is 12.9. The third-order valence-corrected chi connectivity index (χ3v) is 3.81. The molecule has 2 aromatic rings. The molecular formula is C13H8FN3O5S. The van der Waals surface area contributed by atoms with E-state index in [1.807, 2.05) is 0 Å². The van der Waals surface area contributed by atoms with Gasteiger partial charge in [0.25, 0.3) is 17.3 Å². The summed E-state index contributed by atoms with van der Waals surface area (Å²) in [6.45, 7) is 0. The van der Waals surface area contributed by atoms with Gasteiger partial charge in [0.2, 0.25) is 0 Å². The number of nitrogens with zero attached hydrogens (tertiary/aromatic N) is 2. The molecule has 2 N–H and O–H groups in total. The number of nitro benzene ring substituents is 2. The molecule has 0 saturated carbocycles. The van der Waals surface area contributed by atoms with Crippen LogP contribution in [0.5, 0.6) is 0 Å². The van der Waals surface area contributed by atoms with Crippen molar-refractivity contribution in [3.05, 3.63) is 68.0 Å². The molecule has 0 heterocycles. The van der Waals surface area contributed by atoms with Crippen molar-refractivity contribution < 1.29 is 19.0 Å². The quantitative estimate of drug-likeness (QED) is 0.659. The molecule has 2 rings (SSSR count). The number of nitro groups is 2. The van der Waals surface area contributed by atoms with Crippen LogP contribution in [0.15, 0.2) is 46.2 Å². The fourth-order valence-electron chi connectivity index (χ4n) is 1.79. The molecule has 0 spiro atoms. The van der Waals surface area contributed by atoms with Crippen molar-refractivity contribution in [2.24, 2.45) is 5.73 Å². The van der Waals surface area contributed by atoms with E-state index >= 15 is 0 Å². The summed E-state index contributed by atoms with van der Waals surface area (Å²) >= 11 is 0.838. The molecule has 8 nitrogen and oxygen atoms in total. The Kier molecular flexibility index (Phi) is 4.55. The Morgan fingerprint density at radius 1 is 1.09 bits per heavy atom. The Balaban J connectivity index is 2.63. The maximum Gasteiger partial charge on any atom is 0.290 e. The molecule has 0 aromatic heterocycles. The molecule has 2 aromatic carbocycles. The predicted molar refractivity (Wildman–Crippen MR) is 78.8 cm³/mol. The third-order valence-electron chi connectivity index (χ3n) is 2.76. The van der Waals surface area contributed by atoms with Crippen molar-refractivity contribution >= 4 is 29.0 Å². The lowest BCUT2D eigenvalue weighted by molar-refractivity contribution is -0.394. The molecule has 0 aliphatic carbocycles. The molecule has 118 valence electrons. The van der Waals surface area contributed by atoms with Crippen LogP contribution in [-0.4, -0.2) is 15.8 Å². The second kappa shape index (κ2) is 6.40. The normalized spacial score (nSPS) is 10.3. The van der Waals surface area contributed by atoms with Crippen LogP contribution in [0.2, 0.25) is 0 Å². The summed E-state index contributed by atoms with van der Waals surface area (Å²) in [6.07, 6.45) is 0. The molecule has 10 heteroatoms. The monoisotopic (exact) mass is 337 g/mol. The summed E-state index contributed by atoms with van der Waals surface area (Å²) in [5.41, 5.74) is 3.43. The molecule has 0 atom stereocenters. The van der Waals surface area contributed by atoms with Gasteiger partial charge in [0.1, 0.15) is 11.4 Å². The fourth-order valence-corrected chi connectivity index (χ4v) is 2.81. The third kappa shape index (κ3) is 3.61. The van der Waals surface area contributed by atoms with E-state index in [4.69, 9.17) is 5.73 Å². The number of halogens is 1. The van der Waals surface area contributed by atoms with Gasteiger partial charge in [-0.2, -0.15) is 0 Å². The highest BCUT2D eigenvalue weighted by Gasteiger charge is 2.27. The maximum atomic E-state index is 12.9. The van der Waals surface area contributed by atoms with Crippen molar-refractivity contribution in [1.29, 1.82) is 0 Å². The second-order valence-corrected chi connectivity index (χ2v) is 5.39. The van der Waals surface area contributed by atoms with E-state index in [-0.39, 0.29) is 4.90 Å². The number of hydrogen-bond acceptors (Lipinski definition) is 6. The zero-order valence-corrected chi connectivity index (χ0v) is 12.1. The molecular weight excluding hydrogens is 329 g/mol. The zero-order chi connectivity index (χ0) is 17.1. The summed E-state index contributed by atoms with van der Waals surface area (Å²) in [6, 6.07) is 6.73. The van der Waals surface area contributed by atoms with Gasteiger partial charge in [-0.25, -0.2) is 4.39 Å². The molecule has 0 aliphatic rings.